The monoisotopic (exact) mass is 416 g/mol. The standard InChI is InChI=1S/C25H24N2O4/c1-2-14-31-25(30)18-10-12-20(13-11-18)26-24(29)19-15-23(28)27(16-19)22-9-5-7-17-6-3-4-8-21(17)22/h3-13,19H,2,14-16H2,1H3,(H,26,29)/t19-/m1/s1. The van der Waals surface area contributed by atoms with Crippen molar-refractivity contribution in [3.63, 3.8) is 0 Å². The molecule has 1 aliphatic heterocycles. The summed E-state index contributed by atoms with van der Waals surface area (Å²) in [6.07, 6.45) is 0.923. The van der Waals surface area contributed by atoms with E-state index in [4.69, 9.17) is 4.74 Å². The Morgan fingerprint density at radius 3 is 2.55 bits per heavy atom. The largest absolute Gasteiger partial charge is 0.462 e. The van der Waals surface area contributed by atoms with Crippen LogP contribution >= 0.6 is 0 Å². The lowest BCUT2D eigenvalue weighted by Gasteiger charge is -2.19. The number of nitrogens with zero attached hydrogens (tertiary/aromatic N) is 1. The highest BCUT2D eigenvalue weighted by molar-refractivity contribution is 6.08. The van der Waals surface area contributed by atoms with Crippen LogP contribution in [0.4, 0.5) is 11.4 Å². The number of carbonyl (C=O) groups excluding carboxylic acids is 3. The summed E-state index contributed by atoms with van der Waals surface area (Å²) in [5, 5.41) is 4.90. The summed E-state index contributed by atoms with van der Waals surface area (Å²) in [5.41, 5.74) is 1.84. The van der Waals surface area contributed by atoms with Gasteiger partial charge in [0.2, 0.25) is 11.8 Å². The molecule has 0 spiro atoms. The first-order valence-electron chi connectivity index (χ1n) is 10.4. The summed E-state index contributed by atoms with van der Waals surface area (Å²) in [7, 11) is 0. The predicted octanol–water partition coefficient (Wildman–Crippen LogP) is 4.40. The minimum atomic E-state index is -0.444. The van der Waals surface area contributed by atoms with Crippen molar-refractivity contribution in [1.29, 1.82) is 0 Å². The van der Waals surface area contributed by atoms with Crippen LogP contribution in [0.15, 0.2) is 66.7 Å². The number of hydrogen-bond acceptors (Lipinski definition) is 4. The van der Waals surface area contributed by atoms with Gasteiger partial charge < -0.3 is 15.0 Å². The Morgan fingerprint density at radius 2 is 1.77 bits per heavy atom. The number of hydrogen-bond donors (Lipinski definition) is 1. The molecule has 0 aromatic heterocycles. The topological polar surface area (TPSA) is 75.7 Å². The van der Waals surface area contributed by atoms with Gasteiger partial charge in [0.1, 0.15) is 0 Å². The number of fused-ring (bicyclic) bond motifs is 1. The van der Waals surface area contributed by atoms with Crippen molar-refractivity contribution in [3.05, 3.63) is 72.3 Å². The van der Waals surface area contributed by atoms with Gasteiger partial charge in [0.15, 0.2) is 0 Å². The third-order valence-electron chi connectivity index (χ3n) is 5.38. The second-order valence-corrected chi connectivity index (χ2v) is 7.61. The molecule has 3 aromatic carbocycles. The first-order chi connectivity index (χ1) is 15.1. The molecule has 1 fully saturated rings. The quantitative estimate of drug-likeness (QED) is 0.605. The van der Waals surface area contributed by atoms with E-state index in [1.807, 2.05) is 49.4 Å². The van der Waals surface area contributed by atoms with Gasteiger partial charge >= 0.3 is 5.97 Å². The summed E-state index contributed by atoms with van der Waals surface area (Å²) < 4.78 is 5.11. The molecule has 0 radical (unpaired) electrons. The molecule has 6 heteroatoms. The normalized spacial score (nSPS) is 15.8. The van der Waals surface area contributed by atoms with E-state index in [0.717, 1.165) is 22.9 Å². The van der Waals surface area contributed by atoms with Crippen molar-refractivity contribution >= 4 is 39.9 Å². The van der Waals surface area contributed by atoms with Gasteiger partial charge in [0.05, 0.1) is 23.8 Å². The van der Waals surface area contributed by atoms with E-state index in [1.54, 1.807) is 29.2 Å². The van der Waals surface area contributed by atoms with E-state index in [9.17, 15) is 14.4 Å². The van der Waals surface area contributed by atoms with Crippen molar-refractivity contribution in [3.8, 4) is 0 Å². The Bertz CT molecular complexity index is 1120. The Balaban J connectivity index is 1.43. The zero-order chi connectivity index (χ0) is 21.8. The summed E-state index contributed by atoms with van der Waals surface area (Å²) in [6, 6.07) is 20.3. The van der Waals surface area contributed by atoms with Gasteiger partial charge in [-0.05, 0) is 42.1 Å². The second-order valence-electron chi connectivity index (χ2n) is 7.61. The Morgan fingerprint density at radius 1 is 1.03 bits per heavy atom. The van der Waals surface area contributed by atoms with Gasteiger partial charge in [-0.15, -0.1) is 0 Å². The van der Waals surface area contributed by atoms with Gasteiger partial charge in [-0.1, -0.05) is 43.3 Å². The maximum atomic E-state index is 12.8. The van der Waals surface area contributed by atoms with Crippen LogP contribution in [-0.4, -0.2) is 30.9 Å². The molecular weight excluding hydrogens is 392 g/mol. The van der Waals surface area contributed by atoms with Crippen molar-refractivity contribution < 1.29 is 19.1 Å². The first-order valence-corrected chi connectivity index (χ1v) is 10.4. The maximum Gasteiger partial charge on any atom is 0.338 e. The SMILES string of the molecule is CCCOC(=O)c1ccc(NC(=O)[C@@H]2CC(=O)N(c3cccc4ccccc34)C2)cc1. The maximum absolute atomic E-state index is 12.8. The van der Waals surface area contributed by atoms with Crippen LogP contribution in [-0.2, 0) is 14.3 Å². The lowest BCUT2D eigenvalue weighted by Crippen LogP contribution is -2.28. The minimum Gasteiger partial charge on any atom is -0.462 e. The molecule has 0 saturated carbocycles. The summed E-state index contributed by atoms with van der Waals surface area (Å²) in [5.74, 6) is -1.10. The number of benzene rings is 3. The van der Waals surface area contributed by atoms with Crippen LogP contribution < -0.4 is 10.2 Å². The minimum absolute atomic E-state index is 0.0643. The van der Waals surface area contributed by atoms with Crippen LogP contribution in [0.2, 0.25) is 0 Å². The first kappa shape index (κ1) is 20.6. The molecule has 1 atom stereocenters. The zero-order valence-corrected chi connectivity index (χ0v) is 17.3. The van der Waals surface area contributed by atoms with Crippen LogP contribution in [0.1, 0.15) is 30.1 Å². The highest BCUT2D eigenvalue weighted by Gasteiger charge is 2.35. The predicted molar refractivity (Wildman–Crippen MR) is 120 cm³/mol. The number of carbonyl (C=O) groups is 3. The lowest BCUT2D eigenvalue weighted by atomic mass is 10.1. The smallest absolute Gasteiger partial charge is 0.338 e. The van der Waals surface area contributed by atoms with Crippen LogP contribution in [0, 0.1) is 5.92 Å². The molecule has 4 rings (SSSR count). The Labute approximate surface area is 180 Å². The number of nitrogens with one attached hydrogen (secondary N) is 1. The molecule has 6 nitrogen and oxygen atoms in total. The van der Waals surface area contributed by atoms with E-state index >= 15 is 0 Å². The molecule has 158 valence electrons. The summed E-state index contributed by atoms with van der Waals surface area (Å²) in [6.45, 7) is 2.64. The van der Waals surface area contributed by atoms with Crippen molar-refractivity contribution in [1.82, 2.24) is 0 Å². The van der Waals surface area contributed by atoms with Gasteiger partial charge in [0, 0.05) is 24.0 Å². The molecule has 1 saturated heterocycles. The third-order valence-corrected chi connectivity index (χ3v) is 5.38. The van der Waals surface area contributed by atoms with Gasteiger partial charge in [-0.25, -0.2) is 4.79 Å². The summed E-state index contributed by atoms with van der Waals surface area (Å²) >= 11 is 0. The average molecular weight is 416 g/mol. The molecule has 2 amide bonds. The lowest BCUT2D eigenvalue weighted by molar-refractivity contribution is -0.122. The van der Waals surface area contributed by atoms with E-state index in [0.29, 0.717) is 24.4 Å². The molecule has 31 heavy (non-hydrogen) atoms. The third kappa shape index (κ3) is 4.43. The van der Waals surface area contributed by atoms with Crippen LogP contribution in [0.3, 0.4) is 0 Å². The van der Waals surface area contributed by atoms with Crippen molar-refractivity contribution in [2.45, 2.75) is 19.8 Å². The Kier molecular flexibility index (Phi) is 5.98. The molecule has 3 aromatic rings. The number of esters is 1. The van der Waals surface area contributed by atoms with E-state index < -0.39 is 5.92 Å². The average Bonchev–Trinajstić information content (AvgIpc) is 3.19. The fraction of sp³-hybridized carbons (Fsp3) is 0.240. The van der Waals surface area contributed by atoms with E-state index in [-0.39, 0.29) is 24.2 Å². The fourth-order valence-electron chi connectivity index (χ4n) is 3.77. The van der Waals surface area contributed by atoms with E-state index in [2.05, 4.69) is 5.32 Å². The number of rotatable bonds is 6. The van der Waals surface area contributed by atoms with Crippen molar-refractivity contribution in [2.24, 2.45) is 5.92 Å². The van der Waals surface area contributed by atoms with Gasteiger partial charge in [-0.3, -0.25) is 9.59 Å². The number of anilines is 2. The van der Waals surface area contributed by atoms with Crippen molar-refractivity contribution in [2.75, 3.05) is 23.4 Å². The van der Waals surface area contributed by atoms with Crippen LogP contribution in [0.25, 0.3) is 10.8 Å². The van der Waals surface area contributed by atoms with E-state index in [1.165, 1.54) is 0 Å². The zero-order valence-electron chi connectivity index (χ0n) is 17.3. The summed E-state index contributed by atoms with van der Waals surface area (Å²) in [4.78, 5) is 39.1. The molecule has 1 N–H and O–H groups in total. The van der Waals surface area contributed by atoms with Crippen LogP contribution in [0.5, 0.6) is 0 Å². The number of ether oxygens (including phenoxy) is 1. The Hall–Kier alpha value is -3.67. The molecule has 1 heterocycles. The molecule has 0 bridgehead atoms. The number of amides is 2. The van der Waals surface area contributed by atoms with Gasteiger partial charge in [0.25, 0.3) is 0 Å². The molecule has 1 aliphatic rings. The highest BCUT2D eigenvalue weighted by atomic mass is 16.5. The second kappa shape index (κ2) is 9.00. The molecule has 0 unspecified atom stereocenters. The molecule has 0 aliphatic carbocycles. The highest BCUT2D eigenvalue weighted by Crippen LogP contribution is 2.32. The fourth-order valence-corrected chi connectivity index (χ4v) is 3.77. The van der Waals surface area contributed by atoms with Gasteiger partial charge in [-0.2, -0.15) is 0 Å². The molecular formula is C25H24N2O4.